The van der Waals surface area contributed by atoms with Gasteiger partial charge in [0.1, 0.15) is 5.75 Å². The van der Waals surface area contributed by atoms with Crippen LogP contribution in [0.25, 0.3) is 0 Å². The number of rotatable bonds is 4. The van der Waals surface area contributed by atoms with E-state index in [0.29, 0.717) is 16.8 Å². The lowest BCUT2D eigenvalue weighted by molar-refractivity contribution is -0.274. The summed E-state index contributed by atoms with van der Waals surface area (Å²) in [7, 11) is 0. The summed E-state index contributed by atoms with van der Waals surface area (Å²) in [5.41, 5.74) is 1.70. The van der Waals surface area contributed by atoms with Gasteiger partial charge in [0.15, 0.2) is 5.11 Å². The average Bonchev–Trinajstić information content (AvgIpc) is 2.52. The predicted octanol–water partition coefficient (Wildman–Crippen LogP) is 3.94. The molecule has 0 atom stereocenters. The van der Waals surface area contributed by atoms with Crippen LogP contribution in [0.5, 0.6) is 5.75 Å². The molecule has 0 aliphatic heterocycles. The minimum atomic E-state index is -4.73. The maximum atomic E-state index is 12.2. The van der Waals surface area contributed by atoms with E-state index in [1.165, 1.54) is 18.2 Å². The molecule has 8 heteroatoms. The summed E-state index contributed by atoms with van der Waals surface area (Å²) in [4.78, 5) is 0. The monoisotopic (exact) mass is 351 g/mol. The Morgan fingerprint density at radius 3 is 2.62 bits per heavy atom. The van der Waals surface area contributed by atoms with Crippen LogP contribution >= 0.6 is 12.2 Å². The molecule has 0 heterocycles. The molecule has 124 valence electrons. The first kappa shape index (κ1) is 17.6. The number of benzene rings is 2. The zero-order chi connectivity index (χ0) is 17.6. The number of nitrogens with one attached hydrogen (secondary N) is 2. The Hall–Kier alpha value is -2.79. The topological polar surface area (TPSA) is 57.1 Å². The van der Waals surface area contributed by atoms with Crippen molar-refractivity contribution in [2.75, 3.05) is 5.32 Å². The van der Waals surface area contributed by atoms with Crippen molar-refractivity contribution in [3.05, 3.63) is 59.7 Å². The molecule has 0 spiro atoms. The van der Waals surface area contributed by atoms with E-state index in [1.807, 2.05) is 6.07 Å². The van der Waals surface area contributed by atoms with Crippen LogP contribution in [0.1, 0.15) is 11.1 Å². The summed E-state index contributed by atoms with van der Waals surface area (Å²) in [6, 6.07) is 14.4. The SMILES string of the molecule is N#Cc1cccc(NC(=S)NCc2cccc(OC(F)(F)F)c2)c1. The summed E-state index contributed by atoms with van der Waals surface area (Å²) in [5.74, 6) is -0.289. The smallest absolute Gasteiger partial charge is 0.406 e. The van der Waals surface area contributed by atoms with E-state index in [2.05, 4.69) is 15.4 Å². The number of thiocarbonyl (C=S) groups is 1. The molecule has 0 aromatic heterocycles. The molecule has 2 aromatic carbocycles. The van der Waals surface area contributed by atoms with E-state index in [4.69, 9.17) is 17.5 Å². The van der Waals surface area contributed by atoms with Gasteiger partial charge in [-0.25, -0.2) is 0 Å². The van der Waals surface area contributed by atoms with Gasteiger partial charge in [0.05, 0.1) is 11.6 Å². The lowest BCUT2D eigenvalue weighted by Gasteiger charge is -2.12. The van der Waals surface area contributed by atoms with Gasteiger partial charge in [-0.3, -0.25) is 0 Å². The first-order valence-corrected chi connectivity index (χ1v) is 7.16. The van der Waals surface area contributed by atoms with Gasteiger partial charge in [0.25, 0.3) is 0 Å². The van der Waals surface area contributed by atoms with Crippen molar-refractivity contribution >= 4 is 23.0 Å². The number of hydrogen-bond acceptors (Lipinski definition) is 3. The van der Waals surface area contributed by atoms with Crippen LogP contribution in [-0.4, -0.2) is 11.5 Å². The molecular formula is C16H12F3N3OS. The van der Waals surface area contributed by atoms with Crippen LogP contribution < -0.4 is 15.4 Å². The van der Waals surface area contributed by atoms with Gasteiger partial charge in [0, 0.05) is 12.2 Å². The van der Waals surface area contributed by atoms with E-state index >= 15 is 0 Å². The van der Waals surface area contributed by atoms with Crippen molar-refractivity contribution in [3.8, 4) is 11.8 Å². The summed E-state index contributed by atoms with van der Waals surface area (Å²) in [6.45, 7) is 0.221. The lowest BCUT2D eigenvalue weighted by atomic mass is 10.2. The molecule has 0 bridgehead atoms. The second-order valence-corrected chi connectivity index (χ2v) is 5.10. The third-order valence-corrected chi connectivity index (χ3v) is 3.08. The van der Waals surface area contributed by atoms with E-state index < -0.39 is 6.36 Å². The molecule has 4 nitrogen and oxygen atoms in total. The van der Waals surface area contributed by atoms with E-state index in [0.717, 1.165) is 0 Å². The highest BCUT2D eigenvalue weighted by atomic mass is 32.1. The molecule has 0 saturated carbocycles. The van der Waals surface area contributed by atoms with Gasteiger partial charge in [-0.05, 0) is 48.1 Å². The number of alkyl halides is 3. The molecule has 2 aromatic rings. The molecule has 0 aliphatic rings. The van der Waals surface area contributed by atoms with Gasteiger partial charge in [0.2, 0.25) is 0 Å². The molecule has 0 aliphatic carbocycles. The molecule has 0 radical (unpaired) electrons. The van der Waals surface area contributed by atoms with Gasteiger partial charge in [-0.15, -0.1) is 13.2 Å². The highest BCUT2D eigenvalue weighted by molar-refractivity contribution is 7.80. The van der Waals surface area contributed by atoms with Crippen LogP contribution in [0, 0.1) is 11.3 Å². The third-order valence-electron chi connectivity index (χ3n) is 2.83. The fraction of sp³-hybridized carbons (Fsp3) is 0.125. The molecule has 24 heavy (non-hydrogen) atoms. The van der Waals surface area contributed by atoms with Crippen molar-refractivity contribution in [2.45, 2.75) is 12.9 Å². The van der Waals surface area contributed by atoms with Crippen LogP contribution in [0.3, 0.4) is 0 Å². The highest BCUT2D eigenvalue weighted by Crippen LogP contribution is 2.23. The van der Waals surface area contributed by atoms with Gasteiger partial charge in [-0.1, -0.05) is 18.2 Å². The molecule has 0 amide bonds. The Morgan fingerprint density at radius 2 is 1.92 bits per heavy atom. The molecular weight excluding hydrogens is 339 g/mol. The Morgan fingerprint density at radius 1 is 1.17 bits per heavy atom. The Labute approximate surface area is 141 Å². The summed E-state index contributed by atoms with van der Waals surface area (Å²) >= 11 is 5.12. The van der Waals surface area contributed by atoms with E-state index in [-0.39, 0.29) is 17.4 Å². The highest BCUT2D eigenvalue weighted by Gasteiger charge is 2.31. The largest absolute Gasteiger partial charge is 0.573 e. The second-order valence-electron chi connectivity index (χ2n) is 4.70. The number of anilines is 1. The predicted molar refractivity (Wildman–Crippen MR) is 87.3 cm³/mol. The quantitative estimate of drug-likeness (QED) is 0.817. The number of hydrogen-bond donors (Lipinski definition) is 2. The summed E-state index contributed by atoms with van der Waals surface area (Å²) < 4.78 is 40.5. The van der Waals surface area contributed by atoms with Gasteiger partial charge >= 0.3 is 6.36 Å². The van der Waals surface area contributed by atoms with Crippen LogP contribution in [-0.2, 0) is 6.54 Å². The van der Waals surface area contributed by atoms with E-state index in [1.54, 1.807) is 30.3 Å². The van der Waals surface area contributed by atoms with E-state index in [9.17, 15) is 13.2 Å². The lowest BCUT2D eigenvalue weighted by Crippen LogP contribution is -2.28. The van der Waals surface area contributed by atoms with Crippen molar-refractivity contribution < 1.29 is 17.9 Å². The average molecular weight is 351 g/mol. The molecule has 0 unspecified atom stereocenters. The Bertz CT molecular complexity index is 772. The normalized spacial score (nSPS) is 10.6. The molecule has 2 N–H and O–H groups in total. The maximum absolute atomic E-state index is 12.2. The zero-order valence-electron chi connectivity index (χ0n) is 12.2. The van der Waals surface area contributed by atoms with Gasteiger partial charge in [-0.2, -0.15) is 5.26 Å². The third kappa shape index (κ3) is 5.78. The summed E-state index contributed by atoms with van der Waals surface area (Å²) in [5, 5.41) is 14.9. The zero-order valence-corrected chi connectivity index (χ0v) is 13.0. The second kappa shape index (κ2) is 7.66. The first-order valence-electron chi connectivity index (χ1n) is 6.75. The number of halogens is 3. The molecule has 0 saturated heterocycles. The molecule has 2 rings (SSSR count). The van der Waals surface area contributed by atoms with Crippen LogP contribution in [0.4, 0.5) is 18.9 Å². The minimum Gasteiger partial charge on any atom is -0.406 e. The van der Waals surface area contributed by atoms with Crippen LogP contribution in [0.2, 0.25) is 0 Å². The Balaban J connectivity index is 1.92. The van der Waals surface area contributed by atoms with Crippen LogP contribution in [0.15, 0.2) is 48.5 Å². The maximum Gasteiger partial charge on any atom is 0.573 e. The van der Waals surface area contributed by atoms with Gasteiger partial charge < -0.3 is 15.4 Å². The fourth-order valence-corrected chi connectivity index (χ4v) is 2.07. The number of ether oxygens (including phenoxy) is 1. The van der Waals surface area contributed by atoms with Crippen molar-refractivity contribution in [3.63, 3.8) is 0 Å². The minimum absolute atomic E-state index is 0.221. The van der Waals surface area contributed by atoms with Crippen molar-refractivity contribution in [2.24, 2.45) is 0 Å². The summed E-state index contributed by atoms with van der Waals surface area (Å²) in [6.07, 6.45) is -4.73. The standard InChI is InChI=1S/C16H12F3N3OS/c17-16(18,19)23-14-6-2-4-12(8-14)10-21-15(24)22-13-5-1-3-11(7-13)9-20/h1-8H,10H2,(H2,21,22,24). The van der Waals surface area contributed by atoms with Crippen molar-refractivity contribution in [1.29, 1.82) is 5.26 Å². The fourth-order valence-electron chi connectivity index (χ4n) is 1.88. The number of nitriles is 1. The molecule has 0 fully saturated rings. The van der Waals surface area contributed by atoms with Crippen molar-refractivity contribution in [1.82, 2.24) is 5.32 Å². The Kier molecular flexibility index (Phi) is 5.60. The number of nitrogens with zero attached hydrogens (tertiary/aromatic N) is 1. The first-order chi connectivity index (χ1) is 11.4.